The summed E-state index contributed by atoms with van der Waals surface area (Å²) in [5.74, 6) is -0.160. The van der Waals surface area contributed by atoms with Crippen molar-refractivity contribution in [2.24, 2.45) is 17.3 Å². The fourth-order valence-electron chi connectivity index (χ4n) is 4.93. The van der Waals surface area contributed by atoms with E-state index in [1.165, 1.54) is 11.6 Å². The quantitative estimate of drug-likeness (QED) is 0.465. The highest BCUT2D eigenvalue weighted by molar-refractivity contribution is 5.87. The van der Waals surface area contributed by atoms with Crippen LogP contribution < -0.4 is 0 Å². The summed E-state index contributed by atoms with van der Waals surface area (Å²) in [4.78, 5) is 12.6. The lowest BCUT2D eigenvalue weighted by molar-refractivity contribution is -0.207. The van der Waals surface area contributed by atoms with Crippen LogP contribution in [0.3, 0.4) is 0 Å². The second-order valence-electron chi connectivity index (χ2n) is 9.07. The van der Waals surface area contributed by atoms with Gasteiger partial charge in [0.2, 0.25) is 0 Å². The number of carbonyl (C=O) groups excluding carboxylic acids is 1. The molecule has 0 saturated heterocycles. The standard InChI is InChI=1S/C24H32O4/c1-16(2)18-12-13-23(3)20(14-18)24(4,15-19(25)22(23)27)28-21(26)11-10-17-8-6-5-7-9-17/h5-11,14,16,19-20,22,25,27H,12-13,15H2,1-4H3/t19-,20+,22+,23+,24-/m0/s1. The van der Waals surface area contributed by atoms with E-state index >= 15 is 0 Å². The van der Waals surface area contributed by atoms with E-state index < -0.39 is 29.2 Å². The Morgan fingerprint density at radius 2 is 1.89 bits per heavy atom. The molecular formula is C24H32O4. The predicted molar refractivity (Wildman–Crippen MR) is 110 cm³/mol. The van der Waals surface area contributed by atoms with Crippen molar-refractivity contribution in [3.05, 3.63) is 53.6 Å². The van der Waals surface area contributed by atoms with Gasteiger partial charge < -0.3 is 14.9 Å². The molecule has 0 aliphatic heterocycles. The lowest BCUT2D eigenvalue weighted by Crippen LogP contribution is -2.62. The third-order valence-corrected chi connectivity index (χ3v) is 6.64. The van der Waals surface area contributed by atoms with Crippen LogP contribution in [0.4, 0.5) is 0 Å². The lowest BCUT2D eigenvalue weighted by Gasteiger charge is -2.56. The number of rotatable bonds is 4. The number of fused-ring (bicyclic) bond motifs is 1. The van der Waals surface area contributed by atoms with Gasteiger partial charge in [-0.3, -0.25) is 0 Å². The second kappa shape index (κ2) is 7.84. The number of hydrogen-bond donors (Lipinski definition) is 2. The predicted octanol–water partition coefficient (Wildman–Crippen LogP) is 4.13. The summed E-state index contributed by atoms with van der Waals surface area (Å²) >= 11 is 0. The molecular weight excluding hydrogens is 352 g/mol. The number of benzene rings is 1. The first-order chi connectivity index (χ1) is 13.2. The average Bonchev–Trinajstić information content (AvgIpc) is 2.65. The van der Waals surface area contributed by atoms with E-state index in [9.17, 15) is 15.0 Å². The molecule has 0 spiro atoms. The first-order valence-corrected chi connectivity index (χ1v) is 10.2. The van der Waals surface area contributed by atoms with Gasteiger partial charge in [-0.15, -0.1) is 0 Å². The van der Waals surface area contributed by atoms with E-state index in [0.29, 0.717) is 5.92 Å². The molecule has 0 aromatic heterocycles. The van der Waals surface area contributed by atoms with Gasteiger partial charge in [0.15, 0.2) is 0 Å². The minimum Gasteiger partial charge on any atom is -0.455 e. The Morgan fingerprint density at radius 1 is 1.21 bits per heavy atom. The van der Waals surface area contributed by atoms with Crippen LogP contribution in [0.15, 0.2) is 48.1 Å². The second-order valence-corrected chi connectivity index (χ2v) is 9.07. The van der Waals surface area contributed by atoms with Crippen molar-refractivity contribution in [3.8, 4) is 0 Å². The summed E-state index contributed by atoms with van der Waals surface area (Å²) in [6, 6.07) is 9.59. The average molecular weight is 385 g/mol. The van der Waals surface area contributed by atoms with Crippen LogP contribution in [0.25, 0.3) is 6.08 Å². The number of hydrogen-bond acceptors (Lipinski definition) is 4. The molecule has 3 rings (SSSR count). The Bertz CT molecular complexity index is 766. The molecule has 2 aliphatic carbocycles. The summed E-state index contributed by atoms with van der Waals surface area (Å²) in [5, 5.41) is 21.3. The van der Waals surface area contributed by atoms with Crippen LogP contribution in [-0.2, 0) is 9.53 Å². The molecule has 0 amide bonds. The largest absolute Gasteiger partial charge is 0.455 e. The van der Waals surface area contributed by atoms with Gasteiger partial charge in [-0.2, -0.15) is 0 Å². The Labute approximate surface area is 167 Å². The van der Waals surface area contributed by atoms with Gasteiger partial charge in [-0.05, 0) is 37.3 Å². The van der Waals surface area contributed by atoms with E-state index in [1.54, 1.807) is 6.08 Å². The van der Waals surface area contributed by atoms with E-state index in [-0.39, 0.29) is 12.3 Å². The molecule has 4 nitrogen and oxygen atoms in total. The van der Waals surface area contributed by atoms with Crippen molar-refractivity contribution in [1.29, 1.82) is 0 Å². The van der Waals surface area contributed by atoms with Crippen molar-refractivity contribution < 1.29 is 19.7 Å². The number of esters is 1. The van der Waals surface area contributed by atoms with Crippen molar-refractivity contribution >= 4 is 12.0 Å². The van der Waals surface area contributed by atoms with Crippen LogP contribution in [0.2, 0.25) is 0 Å². The van der Waals surface area contributed by atoms with Crippen molar-refractivity contribution in [1.82, 2.24) is 0 Å². The van der Waals surface area contributed by atoms with E-state index in [0.717, 1.165) is 18.4 Å². The normalized spacial score (nSPS) is 35.5. The van der Waals surface area contributed by atoms with Gasteiger partial charge in [-0.25, -0.2) is 4.79 Å². The SMILES string of the molecule is CC(C)C1=C[C@@H]2[C@@](C)(CC1)[C@H](O)[C@@H](O)C[C@]2(C)OC(=O)C=Cc1ccccc1. The maximum Gasteiger partial charge on any atom is 0.331 e. The summed E-state index contributed by atoms with van der Waals surface area (Å²) in [6.07, 6.45) is 5.51. The zero-order valence-corrected chi connectivity index (χ0v) is 17.3. The highest BCUT2D eigenvalue weighted by atomic mass is 16.6. The number of allylic oxidation sites excluding steroid dienone is 1. The number of aliphatic hydroxyl groups is 2. The topological polar surface area (TPSA) is 66.8 Å². The summed E-state index contributed by atoms with van der Waals surface area (Å²) in [6.45, 7) is 8.21. The maximum atomic E-state index is 12.6. The molecule has 1 fully saturated rings. The fourth-order valence-corrected chi connectivity index (χ4v) is 4.93. The Kier molecular flexibility index (Phi) is 5.83. The van der Waals surface area contributed by atoms with E-state index in [4.69, 9.17) is 4.74 Å². The van der Waals surface area contributed by atoms with Crippen molar-refractivity contribution in [2.75, 3.05) is 0 Å². The highest BCUT2D eigenvalue weighted by Crippen LogP contribution is 2.55. The molecule has 1 saturated carbocycles. The molecule has 0 unspecified atom stereocenters. The third kappa shape index (κ3) is 3.94. The number of aliphatic hydroxyl groups excluding tert-OH is 2. The van der Waals surface area contributed by atoms with Gasteiger partial charge >= 0.3 is 5.97 Å². The van der Waals surface area contributed by atoms with E-state index in [2.05, 4.69) is 19.9 Å². The minimum absolute atomic E-state index is 0.140. The van der Waals surface area contributed by atoms with Crippen molar-refractivity contribution in [2.45, 2.75) is 64.8 Å². The molecule has 2 aliphatic rings. The highest BCUT2D eigenvalue weighted by Gasteiger charge is 2.58. The van der Waals surface area contributed by atoms with Gasteiger partial charge in [0.25, 0.3) is 0 Å². The summed E-state index contributed by atoms with van der Waals surface area (Å²) in [5.41, 5.74) is 0.863. The van der Waals surface area contributed by atoms with Gasteiger partial charge in [0.05, 0.1) is 12.2 Å². The van der Waals surface area contributed by atoms with Crippen LogP contribution in [-0.4, -0.2) is 34.0 Å². The van der Waals surface area contributed by atoms with Gasteiger partial charge in [-0.1, -0.05) is 62.8 Å². The molecule has 0 bridgehead atoms. The Balaban J connectivity index is 1.87. The molecule has 0 radical (unpaired) electrons. The monoisotopic (exact) mass is 384 g/mol. The molecule has 5 atom stereocenters. The number of carbonyl (C=O) groups is 1. The van der Waals surface area contributed by atoms with Crippen molar-refractivity contribution in [3.63, 3.8) is 0 Å². The molecule has 28 heavy (non-hydrogen) atoms. The molecule has 2 N–H and O–H groups in total. The first-order valence-electron chi connectivity index (χ1n) is 10.2. The fraction of sp³-hybridized carbons (Fsp3) is 0.542. The van der Waals surface area contributed by atoms with Crippen LogP contribution in [0.5, 0.6) is 0 Å². The summed E-state index contributed by atoms with van der Waals surface area (Å²) < 4.78 is 5.94. The zero-order chi connectivity index (χ0) is 20.5. The molecule has 1 aromatic carbocycles. The number of ether oxygens (including phenoxy) is 1. The Hall–Kier alpha value is -1.91. The molecule has 0 heterocycles. The minimum atomic E-state index is -0.911. The molecule has 152 valence electrons. The summed E-state index contributed by atoms with van der Waals surface area (Å²) in [7, 11) is 0. The van der Waals surface area contributed by atoms with Crippen LogP contribution in [0.1, 0.15) is 52.5 Å². The zero-order valence-electron chi connectivity index (χ0n) is 17.3. The van der Waals surface area contributed by atoms with E-state index in [1.807, 2.05) is 44.2 Å². The first kappa shape index (κ1) is 20.8. The van der Waals surface area contributed by atoms with Crippen LogP contribution in [0, 0.1) is 17.3 Å². The van der Waals surface area contributed by atoms with Crippen LogP contribution >= 0.6 is 0 Å². The maximum absolute atomic E-state index is 12.6. The van der Waals surface area contributed by atoms with Gasteiger partial charge in [0, 0.05) is 23.8 Å². The lowest BCUT2D eigenvalue weighted by atomic mass is 9.54. The molecule has 4 heteroatoms. The molecule has 1 aromatic rings. The Morgan fingerprint density at radius 3 is 2.54 bits per heavy atom. The van der Waals surface area contributed by atoms with Gasteiger partial charge in [0.1, 0.15) is 5.60 Å². The third-order valence-electron chi connectivity index (χ3n) is 6.64. The smallest absolute Gasteiger partial charge is 0.331 e.